The molecule has 4 rings (SSSR count). The maximum Gasteiger partial charge on any atom is 0.257 e. The van der Waals surface area contributed by atoms with Gasteiger partial charge >= 0.3 is 0 Å². The van der Waals surface area contributed by atoms with Gasteiger partial charge in [-0.2, -0.15) is 9.40 Å². The highest BCUT2D eigenvalue weighted by molar-refractivity contribution is 7.89. The average molecular weight is 445 g/mol. The van der Waals surface area contributed by atoms with E-state index < -0.39 is 10.0 Å². The minimum Gasteiger partial charge on any atom is -0.339 e. The number of H-pyrrole nitrogens is 1. The second-order valence-corrected chi connectivity index (χ2v) is 10.8. The van der Waals surface area contributed by atoms with Crippen LogP contribution in [-0.2, 0) is 10.0 Å². The summed E-state index contributed by atoms with van der Waals surface area (Å²) in [7, 11) is -1.60. The van der Waals surface area contributed by atoms with Gasteiger partial charge in [0.05, 0.1) is 22.3 Å². The Balaban J connectivity index is 1.43. The molecule has 2 aliphatic rings. The SMILES string of the molecule is Cc1ccc(S(=O)(=O)N2CCC(c3[nH]ncc3C(=O)N(C)C3CCCCC3)CC2)cc1. The van der Waals surface area contributed by atoms with E-state index in [4.69, 9.17) is 0 Å². The van der Waals surface area contributed by atoms with Gasteiger partial charge in [0.2, 0.25) is 10.0 Å². The van der Waals surface area contributed by atoms with E-state index in [0.717, 1.165) is 24.1 Å². The van der Waals surface area contributed by atoms with E-state index in [-0.39, 0.29) is 11.8 Å². The van der Waals surface area contributed by atoms with E-state index >= 15 is 0 Å². The number of sulfonamides is 1. The van der Waals surface area contributed by atoms with Crippen LogP contribution in [0.4, 0.5) is 0 Å². The number of nitrogens with zero attached hydrogens (tertiary/aromatic N) is 3. The summed E-state index contributed by atoms with van der Waals surface area (Å²) < 4.78 is 27.5. The topological polar surface area (TPSA) is 86.4 Å². The van der Waals surface area contributed by atoms with Crippen molar-refractivity contribution in [1.29, 1.82) is 0 Å². The normalized spacial score (nSPS) is 19.4. The summed E-state index contributed by atoms with van der Waals surface area (Å²) in [5, 5.41) is 7.21. The second kappa shape index (κ2) is 9.12. The number of hydrogen-bond donors (Lipinski definition) is 1. The zero-order valence-corrected chi connectivity index (χ0v) is 19.2. The predicted octanol–water partition coefficient (Wildman–Crippen LogP) is 3.69. The van der Waals surface area contributed by atoms with Crippen LogP contribution >= 0.6 is 0 Å². The third-order valence-corrected chi connectivity index (χ3v) is 8.78. The van der Waals surface area contributed by atoms with Gasteiger partial charge in [0, 0.05) is 32.1 Å². The molecule has 7 nitrogen and oxygen atoms in total. The van der Waals surface area contributed by atoms with Crippen molar-refractivity contribution in [2.75, 3.05) is 20.1 Å². The van der Waals surface area contributed by atoms with Crippen molar-refractivity contribution < 1.29 is 13.2 Å². The molecule has 2 aromatic rings. The molecule has 1 N–H and O–H groups in total. The summed E-state index contributed by atoms with van der Waals surface area (Å²) in [6.07, 6.45) is 8.69. The quantitative estimate of drug-likeness (QED) is 0.762. The number of hydrogen-bond acceptors (Lipinski definition) is 4. The summed E-state index contributed by atoms with van der Waals surface area (Å²) in [6.45, 7) is 2.81. The molecule has 0 bridgehead atoms. The van der Waals surface area contributed by atoms with Crippen molar-refractivity contribution in [3.8, 4) is 0 Å². The lowest BCUT2D eigenvalue weighted by Gasteiger charge is -2.33. The molecule has 0 atom stereocenters. The minimum absolute atomic E-state index is 0.0188. The van der Waals surface area contributed by atoms with Gasteiger partial charge < -0.3 is 4.90 Å². The lowest BCUT2D eigenvalue weighted by Crippen LogP contribution is -2.40. The number of carbonyl (C=O) groups is 1. The van der Waals surface area contributed by atoms with E-state index in [0.29, 0.717) is 42.4 Å². The minimum atomic E-state index is -3.49. The van der Waals surface area contributed by atoms with Crippen molar-refractivity contribution in [2.45, 2.75) is 68.7 Å². The second-order valence-electron chi connectivity index (χ2n) is 8.90. The summed E-state index contributed by atoms with van der Waals surface area (Å²) in [4.78, 5) is 15.4. The van der Waals surface area contributed by atoms with Crippen LogP contribution in [-0.4, -0.2) is 59.9 Å². The Labute approximate surface area is 184 Å². The fraction of sp³-hybridized carbons (Fsp3) is 0.565. The van der Waals surface area contributed by atoms with Gasteiger partial charge in [0.1, 0.15) is 0 Å². The van der Waals surface area contributed by atoms with Crippen LogP contribution in [0.3, 0.4) is 0 Å². The number of carbonyl (C=O) groups excluding carboxylic acids is 1. The van der Waals surface area contributed by atoms with E-state index in [1.807, 2.05) is 31.0 Å². The molecule has 1 amide bonds. The van der Waals surface area contributed by atoms with Crippen molar-refractivity contribution in [3.63, 3.8) is 0 Å². The van der Waals surface area contributed by atoms with Gasteiger partial charge in [-0.25, -0.2) is 8.42 Å². The van der Waals surface area contributed by atoms with Crippen molar-refractivity contribution >= 4 is 15.9 Å². The molecular formula is C23H32N4O3S. The Morgan fingerprint density at radius 1 is 1.06 bits per heavy atom. The van der Waals surface area contributed by atoms with Crippen molar-refractivity contribution in [1.82, 2.24) is 19.4 Å². The van der Waals surface area contributed by atoms with Crippen LogP contribution in [0.2, 0.25) is 0 Å². The first-order valence-corrected chi connectivity index (χ1v) is 12.7. The molecule has 1 aliphatic heterocycles. The van der Waals surface area contributed by atoms with Gasteiger partial charge in [-0.1, -0.05) is 37.0 Å². The van der Waals surface area contributed by atoms with E-state index in [1.165, 1.54) is 19.3 Å². The standard InChI is InChI=1S/C23H32N4O3S/c1-17-8-10-20(11-9-17)31(29,30)27-14-12-18(13-15-27)22-21(16-24-25-22)23(28)26(2)19-6-4-3-5-7-19/h8-11,16,18-19H,3-7,12-15H2,1-2H3,(H,24,25). The van der Waals surface area contributed by atoms with Gasteiger partial charge in [0.25, 0.3) is 5.91 Å². The number of aryl methyl sites for hydroxylation is 1. The fourth-order valence-corrected chi connectivity index (χ4v) is 6.32. The van der Waals surface area contributed by atoms with Crippen LogP contribution in [0, 0.1) is 6.92 Å². The molecule has 31 heavy (non-hydrogen) atoms. The number of aromatic nitrogens is 2. The highest BCUT2D eigenvalue weighted by Crippen LogP contribution is 2.32. The van der Waals surface area contributed by atoms with Crippen LogP contribution in [0.15, 0.2) is 35.4 Å². The largest absolute Gasteiger partial charge is 0.339 e. The molecular weight excluding hydrogens is 412 g/mol. The van der Waals surface area contributed by atoms with Crippen LogP contribution in [0.5, 0.6) is 0 Å². The molecule has 1 saturated carbocycles. The Hall–Kier alpha value is -2.19. The van der Waals surface area contributed by atoms with Gasteiger partial charge in [-0.15, -0.1) is 0 Å². The van der Waals surface area contributed by atoms with E-state index in [9.17, 15) is 13.2 Å². The molecule has 2 heterocycles. The number of benzene rings is 1. The van der Waals surface area contributed by atoms with Crippen LogP contribution in [0.1, 0.15) is 72.5 Å². The number of rotatable bonds is 5. The summed E-state index contributed by atoms with van der Waals surface area (Å²) in [5.41, 5.74) is 2.51. The number of piperidine rings is 1. The van der Waals surface area contributed by atoms with E-state index in [1.54, 1.807) is 22.6 Å². The number of nitrogens with one attached hydrogen (secondary N) is 1. The van der Waals surface area contributed by atoms with E-state index in [2.05, 4.69) is 10.2 Å². The Morgan fingerprint density at radius 2 is 1.71 bits per heavy atom. The summed E-state index contributed by atoms with van der Waals surface area (Å²) in [6, 6.07) is 7.29. The molecule has 1 aliphatic carbocycles. The third kappa shape index (κ3) is 4.55. The van der Waals surface area contributed by atoms with Gasteiger partial charge in [-0.05, 0) is 44.7 Å². The maximum atomic E-state index is 13.2. The van der Waals surface area contributed by atoms with Crippen LogP contribution < -0.4 is 0 Å². The Kier molecular flexibility index (Phi) is 6.48. The molecule has 1 aromatic carbocycles. The average Bonchev–Trinajstić information content (AvgIpc) is 3.29. The first kappa shape index (κ1) is 22.0. The Bertz CT molecular complexity index is 1000. The zero-order valence-electron chi connectivity index (χ0n) is 18.4. The molecule has 0 radical (unpaired) electrons. The summed E-state index contributed by atoms with van der Waals surface area (Å²) in [5.74, 6) is 0.121. The molecule has 0 unspecified atom stereocenters. The first-order valence-electron chi connectivity index (χ1n) is 11.2. The molecule has 8 heteroatoms. The van der Waals surface area contributed by atoms with Crippen molar-refractivity contribution in [3.05, 3.63) is 47.3 Å². The lowest BCUT2D eigenvalue weighted by atomic mass is 9.91. The summed E-state index contributed by atoms with van der Waals surface area (Å²) >= 11 is 0. The Morgan fingerprint density at radius 3 is 2.35 bits per heavy atom. The number of amides is 1. The third-order valence-electron chi connectivity index (χ3n) is 6.86. The lowest BCUT2D eigenvalue weighted by molar-refractivity contribution is 0.0694. The highest BCUT2D eigenvalue weighted by Gasteiger charge is 2.33. The zero-order chi connectivity index (χ0) is 22.0. The molecule has 2 fully saturated rings. The van der Waals surface area contributed by atoms with Crippen LogP contribution in [0.25, 0.3) is 0 Å². The van der Waals surface area contributed by atoms with Gasteiger partial charge in [0.15, 0.2) is 0 Å². The first-order chi connectivity index (χ1) is 14.9. The smallest absolute Gasteiger partial charge is 0.257 e. The monoisotopic (exact) mass is 444 g/mol. The number of aromatic amines is 1. The fourth-order valence-electron chi connectivity index (χ4n) is 4.85. The van der Waals surface area contributed by atoms with Gasteiger partial charge in [-0.3, -0.25) is 9.89 Å². The highest BCUT2D eigenvalue weighted by atomic mass is 32.2. The molecule has 0 spiro atoms. The molecule has 1 aromatic heterocycles. The maximum absolute atomic E-state index is 13.2. The molecule has 168 valence electrons. The van der Waals surface area contributed by atoms with Crippen molar-refractivity contribution in [2.24, 2.45) is 0 Å². The predicted molar refractivity (Wildman–Crippen MR) is 119 cm³/mol. The molecule has 1 saturated heterocycles.